The molecule has 4 rings (SSSR count). The van der Waals surface area contributed by atoms with E-state index in [9.17, 15) is 4.79 Å². The first-order chi connectivity index (χ1) is 11.3. The molecule has 3 aromatic rings. The first kappa shape index (κ1) is 13.8. The van der Waals surface area contributed by atoms with Crippen LogP contribution in [0.5, 0.6) is 0 Å². The molecule has 0 spiro atoms. The standard InChI is InChI=1S/C17H16N4O2/c22-17(14-3-2-10-23-14)18-13-7-5-12(6-8-13)11-16-20-19-15-4-1-9-21(15)16/h2-3,5-8,10H,1,4,9,11H2,(H,18,22). The molecule has 116 valence electrons. The molecule has 0 aliphatic carbocycles. The summed E-state index contributed by atoms with van der Waals surface area (Å²) in [6.45, 7) is 1.01. The maximum Gasteiger partial charge on any atom is 0.291 e. The number of anilines is 1. The summed E-state index contributed by atoms with van der Waals surface area (Å²) in [6, 6.07) is 11.1. The number of hydrogen-bond acceptors (Lipinski definition) is 4. The Kier molecular flexibility index (Phi) is 3.42. The lowest BCUT2D eigenvalue weighted by molar-refractivity contribution is 0.0996. The molecule has 2 aromatic heterocycles. The molecule has 0 unspecified atom stereocenters. The van der Waals surface area contributed by atoms with Crippen molar-refractivity contribution in [1.29, 1.82) is 0 Å². The van der Waals surface area contributed by atoms with Gasteiger partial charge in [-0.25, -0.2) is 0 Å². The second-order valence-electron chi connectivity index (χ2n) is 5.59. The second-order valence-corrected chi connectivity index (χ2v) is 5.59. The van der Waals surface area contributed by atoms with E-state index in [0.29, 0.717) is 5.76 Å². The Hall–Kier alpha value is -2.89. The number of nitrogens with zero attached hydrogens (tertiary/aromatic N) is 3. The van der Waals surface area contributed by atoms with Gasteiger partial charge in [-0.05, 0) is 36.2 Å². The minimum atomic E-state index is -0.252. The van der Waals surface area contributed by atoms with Crippen molar-refractivity contribution in [3.8, 4) is 0 Å². The summed E-state index contributed by atoms with van der Waals surface area (Å²) in [5, 5.41) is 11.3. The largest absolute Gasteiger partial charge is 0.459 e. The number of amides is 1. The third-order valence-electron chi connectivity index (χ3n) is 4.01. The van der Waals surface area contributed by atoms with Gasteiger partial charge in [0, 0.05) is 25.1 Å². The molecule has 0 bridgehead atoms. The molecule has 0 fully saturated rings. The fourth-order valence-electron chi connectivity index (χ4n) is 2.83. The quantitative estimate of drug-likeness (QED) is 0.804. The smallest absolute Gasteiger partial charge is 0.291 e. The van der Waals surface area contributed by atoms with E-state index in [4.69, 9.17) is 4.42 Å². The van der Waals surface area contributed by atoms with Crippen molar-refractivity contribution in [2.24, 2.45) is 0 Å². The maximum atomic E-state index is 11.9. The molecule has 1 aromatic carbocycles. The van der Waals surface area contributed by atoms with Crippen LogP contribution in [0.15, 0.2) is 47.1 Å². The third-order valence-corrected chi connectivity index (χ3v) is 4.01. The van der Waals surface area contributed by atoms with Crippen LogP contribution in [0.3, 0.4) is 0 Å². The number of hydrogen-bond donors (Lipinski definition) is 1. The highest BCUT2D eigenvalue weighted by molar-refractivity contribution is 6.02. The number of carbonyl (C=O) groups excluding carboxylic acids is 1. The summed E-state index contributed by atoms with van der Waals surface area (Å²) in [4.78, 5) is 11.9. The van der Waals surface area contributed by atoms with E-state index in [2.05, 4.69) is 20.1 Å². The van der Waals surface area contributed by atoms with Crippen molar-refractivity contribution in [1.82, 2.24) is 14.8 Å². The zero-order chi connectivity index (χ0) is 15.6. The molecule has 1 aliphatic heterocycles. The Balaban J connectivity index is 1.44. The summed E-state index contributed by atoms with van der Waals surface area (Å²) in [5.74, 6) is 2.14. The van der Waals surface area contributed by atoms with E-state index in [1.54, 1.807) is 12.1 Å². The highest BCUT2D eigenvalue weighted by Gasteiger charge is 2.17. The zero-order valence-corrected chi connectivity index (χ0v) is 12.5. The topological polar surface area (TPSA) is 73.0 Å². The Morgan fingerprint density at radius 2 is 2.09 bits per heavy atom. The summed E-state index contributed by atoms with van der Waals surface area (Å²) in [6.07, 6.45) is 4.40. The van der Waals surface area contributed by atoms with Crippen LogP contribution in [0.1, 0.15) is 34.2 Å². The van der Waals surface area contributed by atoms with E-state index in [1.165, 1.54) is 6.26 Å². The van der Waals surface area contributed by atoms with E-state index in [0.717, 1.165) is 48.7 Å². The highest BCUT2D eigenvalue weighted by atomic mass is 16.3. The SMILES string of the molecule is O=C(Nc1ccc(Cc2nnc3n2CCC3)cc1)c1ccco1. The molecular formula is C17H16N4O2. The molecule has 0 saturated carbocycles. The molecule has 6 heteroatoms. The van der Waals surface area contributed by atoms with Crippen LogP contribution < -0.4 is 5.32 Å². The van der Waals surface area contributed by atoms with E-state index < -0.39 is 0 Å². The monoisotopic (exact) mass is 308 g/mol. The lowest BCUT2D eigenvalue weighted by atomic mass is 10.1. The minimum absolute atomic E-state index is 0.252. The summed E-state index contributed by atoms with van der Waals surface area (Å²) < 4.78 is 7.27. The van der Waals surface area contributed by atoms with E-state index in [1.807, 2.05) is 24.3 Å². The summed E-state index contributed by atoms with van der Waals surface area (Å²) in [7, 11) is 0. The van der Waals surface area contributed by atoms with Crippen LogP contribution in [-0.4, -0.2) is 20.7 Å². The molecule has 0 atom stereocenters. The number of carbonyl (C=O) groups is 1. The van der Waals surface area contributed by atoms with Crippen molar-refractivity contribution in [3.05, 3.63) is 65.6 Å². The first-order valence-corrected chi connectivity index (χ1v) is 7.64. The average molecular weight is 308 g/mol. The Morgan fingerprint density at radius 3 is 2.87 bits per heavy atom. The molecule has 0 saturated heterocycles. The number of aromatic nitrogens is 3. The highest BCUT2D eigenvalue weighted by Crippen LogP contribution is 2.18. The molecule has 0 radical (unpaired) electrons. The maximum absolute atomic E-state index is 11.9. The van der Waals surface area contributed by atoms with Crippen molar-refractivity contribution in [2.45, 2.75) is 25.8 Å². The van der Waals surface area contributed by atoms with Gasteiger partial charge in [0.2, 0.25) is 0 Å². The summed E-state index contributed by atoms with van der Waals surface area (Å²) >= 11 is 0. The van der Waals surface area contributed by atoms with Crippen LogP contribution in [0.25, 0.3) is 0 Å². The van der Waals surface area contributed by atoms with Crippen LogP contribution in [0, 0.1) is 0 Å². The molecular weight excluding hydrogens is 292 g/mol. The number of aryl methyl sites for hydroxylation is 1. The Morgan fingerprint density at radius 1 is 1.22 bits per heavy atom. The van der Waals surface area contributed by atoms with Crippen LogP contribution in [0.4, 0.5) is 5.69 Å². The van der Waals surface area contributed by atoms with Gasteiger partial charge in [0.25, 0.3) is 5.91 Å². The van der Waals surface area contributed by atoms with Gasteiger partial charge < -0.3 is 14.3 Å². The van der Waals surface area contributed by atoms with E-state index >= 15 is 0 Å². The molecule has 3 heterocycles. The molecule has 23 heavy (non-hydrogen) atoms. The molecule has 1 amide bonds. The Bertz CT molecular complexity index is 819. The molecule has 6 nitrogen and oxygen atoms in total. The van der Waals surface area contributed by atoms with Crippen LogP contribution in [-0.2, 0) is 19.4 Å². The van der Waals surface area contributed by atoms with Gasteiger partial charge in [0.05, 0.1) is 6.26 Å². The lowest BCUT2D eigenvalue weighted by Gasteiger charge is -2.06. The third kappa shape index (κ3) is 2.75. The van der Waals surface area contributed by atoms with Crippen LogP contribution >= 0.6 is 0 Å². The molecule has 1 aliphatic rings. The number of benzene rings is 1. The number of rotatable bonds is 4. The van der Waals surface area contributed by atoms with Gasteiger partial charge in [-0.3, -0.25) is 4.79 Å². The van der Waals surface area contributed by atoms with Gasteiger partial charge >= 0.3 is 0 Å². The molecule has 1 N–H and O–H groups in total. The fourth-order valence-corrected chi connectivity index (χ4v) is 2.83. The van der Waals surface area contributed by atoms with Crippen molar-refractivity contribution in [2.75, 3.05) is 5.32 Å². The van der Waals surface area contributed by atoms with Crippen molar-refractivity contribution >= 4 is 11.6 Å². The Labute approximate surface area is 133 Å². The first-order valence-electron chi connectivity index (χ1n) is 7.64. The predicted octanol–water partition coefficient (Wildman–Crippen LogP) is 2.66. The van der Waals surface area contributed by atoms with Gasteiger partial charge in [0.15, 0.2) is 5.76 Å². The van der Waals surface area contributed by atoms with Gasteiger partial charge in [-0.2, -0.15) is 0 Å². The lowest BCUT2D eigenvalue weighted by Crippen LogP contribution is -2.10. The fraction of sp³-hybridized carbons (Fsp3) is 0.235. The predicted molar refractivity (Wildman–Crippen MR) is 84.3 cm³/mol. The van der Waals surface area contributed by atoms with Crippen molar-refractivity contribution in [3.63, 3.8) is 0 Å². The van der Waals surface area contributed by atoms with Gasteiger partial charge in [-0.15, -0.1) is 10.2 Å². The minimum Gasteiger partial charge on any atom is -0.459 e. The average Bonchev–Trinajstić information content (AvgIpc) is 3.27. The van der Waals surface area contributed by atoms with Gasteiger partial charge in [0.1, 0.15) is 11.6 Å². The number of furan rings is 1. The number of nitrogens with one attached hydrogen (secondary N) is 1. The van der Waals surface area contributed by atoms with E-state index in [-0.39, 0.29) is 5.91 Å². The van der Waals surface area contributed by atoms with Crippen molar-refractivity contribution < 1.29 is 9.21 Å². The zero-order valence-electron chi connectivity index (χ0n) is 12.5. The normalized spacial score (nSPS) is 13.0. The number of fused-ring (bicyclic) bond motifs is 1. The van der Waals surface area contributed by atoms with Crippen LogP contribution in [0.2, 0.25) is 0 Å². The second kappa shape index (κ2) is 5.72. The van der Waals surface area contributed by atoms with Gasteiger partial charge in [-0.1, -0.05) is 12.1 Å². The summed E-state index contributed by atoms with van der Waals surface area (Å²) in [5.41, 5.74) is 1.88.